The number of fused-ring (bicyclic) bond motifs is 1. The van der Waals surface area contributed by atoms with Gasteiger partial charge in [0, 0.05) is 23.0 Å². The van der Waals surface area contributed by atoms with Gasteiger partial charge in [-0.2, -0.15) is 0 Å². The Hall–Kier alpha value is -3.91. The van der Waals surface area contributed by atoms with E-state index < -0.39 is 5.91 Å². The average molecular weight is 417 g/mol. The Morgan fingerprint density at radius 3 is 2.80 bits per heavy atom. The predicted molar refractivity (Wildman–Crippen MR) is 114 cm³/mol. The maximum Gasteiger partial charge on any atom is 0.293 e. The first-order valence-electron chi connectivity index (χ1n) is 9.16. The standard InChI is InChI=1S/C22H15N3O4S/c26-20-7-3-4-10-25(20)12-15-8-9-18(28-15)21(27)24-22-23-16(13-30-22)19-11-14-5-1-2-6-17(14)29-19/h1-11,13H,12H2,(H,23,24,27). The molecule has 5 aromatic rings. The maximum atomic E-state index is 12.5. The Morgan fingerprint density at radius 1 is 1.07 bits per heavy atom. The summed E-state index contributed by atoms with van der Waals surface area (Å²) in [4.78, 5) is 28.7. The molecule has 1 N–H and O–H groups in total. The number of amides is 1. The average Bonchev–Trinajstić information content (AvgIpc) is 3.48. The van der Waals surface area contributed by atoms with E-state index in [4.69, 9.17) is 8.83 Å². The molecule has 0 aliphatic heterocycles. The monoisotopic (exact) mass is 417 g/mol. The molecule has 0 saturated heterocycles. The van der Waals surface area contributed by atoms with Crippen molar-refractivity contribution < 1.29 is 13.6 Å². The van der Waals surface area contributed by atoms with E-state index in [0.717, 1.165) is 11.0 Å². The SMILES string of the molecule is O=C(Nc1nc(-c2cc3ccccc3o2)cs1)c1ccc(Cn2ccccc2=O)o1. The Labute approximate surface area is 174 Å². The first-order chi connectivity index (χ1) is 14.7. The van der Waals surface area contributed by atoms with Gasteiger partial charge in [-0.25, -0.2) is 4.98 Å². The summed E-state index contributed by atoms with van der Waals surface area (Å²) >= 11 is 1.30. The number of benzene rings is 1. The number of nitrogens with one attached hydrogen (secondary N) is 1. The highest BCUT2D eigenvalue weighted by Gasteiger charge is 2.15. The summed E-state index contributed by atoms with van der Waals surface area (Å²) in [6.07, 6.45) is 1.67. The van der Waals surface area contributed by atoms with E-state index in [1.54, 1.807) is 30.5 Å². The van der Waals surface area contributed by atoms with Gasteiger partial charge in [-0.05, 0) is 30.3 Å². The Balaban J connectivity index is 1.30. The summed E-state index contributed by atoms with van der Waals surface area (Å²) in [7, 11) is 0. The first-order valence-corrected chi connectivity index (χ1v) is 10.0. The lowest BCUT2D eigenvalue weighted by molar-refractivity contribution is 0.0994. The molecule has 0 radical (unpaired) electrons. The fraction of sp³-hybridized carbons (Fsp3) is 0.0455. The van der Waals surface area contributed by atoms with Crippen LogP contribution in [-0.4, -0.2) is 15.5 Å². The lowest BCUT2D eigenvalue weighted by Gasteiger charge is -2.02. The topological polar surface area (TPSA) is 90.3 Å². The number of anilines is 1. The zero-order valence-corrected chi connectivity index (χ0v) is 16.4. The van der Waals surface area contributed by atoms with Gasteiger partial charge in [0.2, 0.25) is 0 Å². The second-order valence-corrected chi connectivity index (χ2v) is 7.43. The number of para-hydroxylation sites is 1. The molecular formula is C22H15N3O4S. The zero-order chi connectivity index (χ0) is 20.5. The van der Waals surface area contributed by atoms with E-state index >= 15 is 0 Å². The van der Waals surface area contributed by atoms with Gasteiger partial charge >= 0.3 is 0 Å². The highest BCUT2D eigenvalue weighted by molar-refractivity contribution is 7.14. The van der Waals surface area contributed by atoms with Crippen LogP contribution in [0, 0.1) is 0 Å². The van der Waals surface area contributed by atoms with Crippen LogP contribution in [0.4, 0.5) is 5.13 Å². The molecule has 0 spiro atoms. The highest BCUT2D eigenvalue weighted by atomic mass is 32.1. The van der Waals surface area contributed by atoms with Gasteiger partial charge in [-0.15, -0.1) is 11.3 Å². The van der Waals surface area contributed by atoms with Crippen LogP contribution in [0.3, 0.4) is 0 Å². The number of furan rings is 2. The van der Waals surface area contributed by atoms with Crippen LogP contribution >= 0.6 is 11.3 Å². The summed E-state index contributed by atoms with van der Waals surface area (Å²) in [5, 5.41) is 5.99. The molecule has 0 bridgehead atoms. The zero-order valence-electron chi connectivity index (χ0n) is 15.6. The second kappa shape index (κ2) is 7.49. The molecule has 4 aromatic heterocycles. The van der Waals surface area contributed by atoms with E-state index in [1.165, 1.54) is 22.0 Å². The number of hydrogen-bond acceptors (Lipinski definition) is 6. The second-order valence-electron chi connectivity index (χ2n) is 6.57. The van der Waals surface area contributed by atoms with Crippen molar-refractivity contribution in [2.75, 3.05) is 5.32 Å². The minimum atomic E-state index is -0.410. The van der Waals surface area contributed by atoms with Crippen LogP contribution < -0.4 is 10.9 Å². The molecule has 4 heterocycles. The van der Waals surface area contributed by atoms with E-state index in [2.05, 4.69) is 10.3 Å². The summed E-state index contributed by atoms with van der Waals surface area (Å²) in [6.45, 7) is 0.250. The fourth-order valence-corrected chi connectivity index (χ4v) is 3.75. The summed E-state index contributed by atoms with van der Waals surface area (Å²) in [5.41, 5.74) is 1.29. The van der Waals surface area contributed by atoms with Crippen LogP contribution in [0.2, 0.25) is 0 Å². The highest BCUT2D eigenvalue weighted by Crippen LogP contribution is 2.30. The van der Waals surface area contributed by atoms with Crippen molar-refractivity contribution in [3.63, 3.8) is 0 Å². The van der Waals surface area contributed by atoms with Crippen molar-refractivity contribution in [3.05, 3.63) is 94.1 Å². The van der Waals surface area contributed by atoms with Crippen LogP contribution in [-0.2, 0) is 6.54 Å². The van der Waals surface area contributed by atoms with Crippen LogP contribution in [0.15, 0.2) is 85.9 Å². The number of pyridine rings is 1. The molecular weight excluding hydrogens is 402 g/mol. The van der Waals surface area contributed by atoms with Crippen LogP contribution in [0.25, 0.3) is 22.4 Å². The predicted octanol–water partition coefficient (Wildman–Crippen LogP) is 4.61. The van der Waals surface area contributed by atoms with E-state index in [0.29, 0.717) is 22.3 Å². The lowest BCUT2D eigenvalue weighted by Crippen LogP contribution is -2.18. The van der Waals surface area contributed by atoms with Crippen LogP contribution in [0.1, 0.15) is 16.3 Å². The summed E-state index contributed by atoms with van der Waals surface area (Å²) < 4.78 is 12.9. The van der Waals surface area contributed by atoms with Gasteiger partial charge in [-0.3, -0.25) is 14.9 Å². The van der Waals surface area contributed by atoms with Crippen molar-refractivity contribution >= 4 is 33.3 Å². The molecule has 1 aromatic carbocycles. The third kappa shape index (κ3) is 3.56. The Bertz CT molecular complexity index is 1380. The molecule has 148 valence electrons. The van der Waals surface area contributed by atoms with Crippen molar-refractivity contribution in [2.45, 2.75) is 6.54 Å². The molecule has 8 heteroatoms. The summed E-state index contributed by atoms with van der Waals surface area (Å²) in [6, 6.07) is 17.8. The molecule has 30 heavy (non-hydrogen) atoms. The van der Waals surface area contributed by atoms with Gasteiger partial charge in [0.1, 0.15) is 17.0 Å². The first kappa shape index (κ1) is 18.1. The molecule has 0 unspecified atom stereocenters. The third-order valence-electron chi connectivity index (χ3n) is 4.51. The van der Waals surface area contributed by atoms with Crippen molar-refractivity contribution in [1.82, 2.24) is 9.55 Å². The van der Waals surface area contributed by atoms with Gasteiger partial charge in [0.25, 0.3) is 11.5 Å². The molecule has 0 saturated carbocycles. The fourth-order valence-electron chi connectivity index (χ4n) is 3.06. The number of nitrogens with zero attached hydrogens (tertiary/aromatic N) is 2. The minimum absolute atomic E-state index is 0.138. The molecule has 0 aliphatic rings. The summed E-state index contributed by atoms with van der Waals surface area (Å²) in [5.74, 6) is 0.888. The smallest absolute Gasteiger partial charge is 0.293 e. The molecule has 0 aliphatic carbocycles. The van der Waals surface area contributed by atoms with Gasteiger partial charge < -0.3 is 13.4 Å². The lowest BCUT2D eigenvalue weighted by atomic mass is 10.2. The maximum absolute atomic E-state index is 12.5. The van der Waals surface area contributed by atoms with E-state index in [9.17, 15) is 9.59 Å². The molecule has 1 amide bonds. The number of aromatic nitrogens is 2. The number of carbonyl (C=O) groups excluding carboxylic acids is 1. The van der Waals surface area contributed by atoms with Gasteiger partial charge in [0.05, 0.1) is 6.54 Å². The third-order valence-corrected chi connectivity index (χ3v) is 5.27. The van der Waals surface area contributed by atoms with Crippen molar-refractivity contribution in [2.24, 2.45) is 0 Å². The number of carbonyl (C=O) groups is 1. The van der Waals surface area contributed by atoms with Crippen molar-refractivity contribution in [3.8, 4) is 11.5 Å². The minimum Gasteiger partial charge on any atom is -0.454 e. The normalized spacial score (nSPS) is 11.1. The quantitative estimate of drug-likeness (QED) is 0.451. The number of hydrogen-bond donors (Lipinski definition) is 1. The van der Waals surface area contributed by atoms with Crippen molar-refractivity contribution in [1.29, 1.82) is 0 Å². The number of rotatable bonds is 5. The largest absolute Gasteiger partial charge is 0.454 e. The van der Waals surface area contributed by atoms with Crippen LogP contribution in [0.5, 0.6) is 0 Å². The van der Waals surface area contributed by atoms with Gasteiger partial charge in [0.15, 0.2) is 16.7 Å². The molecule has 7 nitrogen and oxygen atoms in total. The number of thiazole rings is 1. The Kier molecular flexibility index (Phi) is 4.53. The molecule has 0 fully saturated rings. The van der Waals surface area contributed by atoms with E-state index in [1.807, 2.05) is 35.7 Å². The molecule has 5 rings (SSSR count). The molecule has 0 atom stereocenters. The van der Waals surface area contributed by atoms with Gasteiger partial charge in [-0.1, -0.05) is 24.3 Å². The Morgan fingerprint density at radius 2 is 1.93 bits per heavy atom. The van der Waals surface area contributed by atoms with E-state index in [-0.39, 0.29) is 17.9 Å².